The molecule has 2 rings (SSSR count). The van der Waals surface area contributed by atoms with Crippen LogP contribution in [0.1, 0.15) is 13.3 Å². The molecule has 0 spiro atoms. The van der Waals surface area contributed by atoms with Crippen LogP contribution in [0.15, 0.2) is 12.4 Å². The lowest BCUT2D eigenvalue weighted by Crippen LogP contribution is -2.43. The van der Waals surface area contributed by atoms with Crippen molar-refractivity contribution in [2.24, 2.45) is 0 Å². The van der Waals surface area contributed by atoms with Crippen LogP contribution >= 0.6 is 0 Å². The number of hydrogen-bond donors (Lipinski definition) is 2. The minimum Gasteiger partial charge on any atom is -0.385 e. The van der Waals surface area contributed by atoms with E-state index >= 15 is 0 Å². The number of aliphatic hydroxyl groups is 1. The van der Waals surface area contributed by atoms with Crippen molar-refractivity contribution in [3.63, 3.8) is 0 Å². The Balaban J connectivity index is 1.94. The Hall–Kier alpha value is -1.27. The smallest absolute Gasteiger partial charge is 0.222 e. The normalized spacial score (nSPS) is 29.3. The monoisotopic (exact) mass is 227 g/mol. The maximum atomic E-state index is 12.5. The summed E-state index contributed by atoms with van der Waals surface area (Å²) in [5.41, 5.74) is -0.905. The number of nitrogens with one attached hydrogen (secondary N) is 1. The van der Waals surface area contributed by atoms with Gasteiger partial charge in [-0.1, -0.05) is 0 Å². The molecule has 2 N–H and O–H groups in total. The highest BCUT2D eigenvalue weighted by atomic mass is 19.1. The minimum atomic E-state index is -0.905. The van der Waals surface area contributed by atoms with Crippen LogP contribution in [-0.2, 0) is 4.74 Å². The molecule has 0 saturated carbocycles. The summed E-state index contributed by atoms with van der Waals surface area (Å²) in [5.74, 6) is -0.184. The standard InChI is InChI=1S/C10H14FN3O2/c1-7-10(15,2-3-16-7)6-14-9-12-4-8(11)5-13-9/h4-5,7,15H,2-3,6H2,1H3,(H,12,13,14). The van der Waals surface area contributed by atoms with E-state index in [2.05, 4.69) is 15.3 Å². The van der Waals surface area contributed by atoms with Crippen molar-refractivity contribution in [1.29, 1.82) is 0 Å². The molecule has 0 bridgehead atoms. The highest BCUT2D eigenvalue weighted by molar-refractivity contribution is 5.24. The summed E-state index contributed by atoms with van der Waals surface area (Å²) >= 11 is 0. The van der Waals surface area contributed by atoms with Crippen LogP contribution in [0.25, 0.3) is 0 Å². The first-order valence-corrected chi connectivity index (χ1v) is 5.15. The third kappa shape index (κ3) is 2.28. The Morgan fingerprint density at radius 3 is 2.88 bits per heavy atom. The van der Waals surface area contributed by atoms with Gasteiger partial charge in [0.05, 0.1) is 18.5 Å². The van der Waals surface area contributed by atoms with Gasteiger partial charge in [-0.05, 0) is 6.92 Å². The molecule has 0 radical (unpaired) electrons. The van der Waals surface area contributed by atoms with Gasteiger partial charge in [0.2, 0.25) is 5.95 Å². The molecule has 0 aliphatic carbocycles. The largest absolute Gasteiger partial charge is 0.385 e. The van der Waals surface area contributed by atoms with E-state index in [9.17, 15) is 9.50 Å². The van der Waals surface area contributed by atoms with Gasteiger partial charge in [0.15, 0.2) is 5.82 Å². The van der Waals surface area contributed by atoms with Crippen molar-refractivity contribution < 1.29 is 14.2 Å². The molecule has 2 unspecified atom stereocenters. The van der Waals surface area contributed by atoms with Crippen LogP contribution in [0, 0.1) is 5.82 Å². The third-order valence-corrected chi connectivity index (χ3v) is 2.83. The molecule has 2 heterocycles. The van der Waals surface area contributed by atoms with Crippen molar-refractivity contribution in [2.75, 3.05) is 18.5 Å². The van der Waals surface area contributed by atoms with Crippen LogP contribution in [0.5, 0.6) is 0 Å². The Labute approximate surface area is 92.7 Å². The molecule has 5 nitrogen and oxygen atoms in total. The summed E-state index contributed by atoms with van der Waals surface area (Å²) in [7, 11) is 0. The summed E-state index contributed by atoms with van der Waals surface area (Å²) in [6.45, 7) is 2.66. The molecule has 1 aliphatic rings. The van der Waals surface area contributed by atoms with Gasteiger partial charge in [-0.25, -0.2) is 14.4 Å². The molecule has 1 aromatic rings. The number of nitrogens with zero attached hydrogens (tertiary/aromatic N) is 2. The lowest BCUT2D eigenvalue weighted by atomic mass is 9.97. The second-order valence-electron chi connectivity index (χ2n) is 3.95. The molecule has 1 aromatic heterocycles. The first-order chi connectivity index (χ1) is 7.60. The summed E-state index contributed by atoms with van der Waals surface area (Å²) in [6.07, 6.45) is 2.50. The van der Waals surface area contributed by atoms with Gasteiger partial charge in [0, 0.05) is 19.6 Å². The van der Waals surface area contributed by atoms with Gasteiger partial charge in [0.25, 0.3) is 0 Å². The Kier molecular flexibility index (Phi) is 3.02. The molecule has 6 heteroatoms. The topological polar surface area (TPSA) is 67.3 Å². The number of ether oxygens (including phenoxy) is 1. The minimum absolute atomic E-state index is 0.222. The van der Waals surface area contributed by atoms with Crippen molar-refractivity contribution in [3.8, 4) is 0 Å². The zero-order valence-corrected chi connectivity index (χ0v) is 8.98. The summed E-state index contributed by atoms with van der Waals surface area (Å²) in [6, 6.07) is 0. The van der Waals surface area contributed by atoms with Crippen LogP contribution in [0.4, 0.5) is 10.3 Å². The van der Waals surface area contributed by atoms with Crippen molar-refractivity contribution >= 4 is 5.95 Å². The number of hydrogen-bond acceptors (Lipinski definition) is 5. The predicted molar refractivity (Wildman–Crippen MR) is 55.5 cm³/mol. The highest BCUT2D eigenvalue weighted by Crippen LogP contribution is 2.25. The molecule has 0 aromatic carbocycles. The van der Waals surface area contributed by atoms with Crippen LogP contribution < -0.4 is 5.32 Å². The van der Waals surface area contributed by atoms with Crippen molar-refractivity contribution in [1.82, 2.24) is 9.97 Å². The summed E-state index contributed by atoms with van der Waals surface area (Å²) in [5, 5.41) is 13.0. The molecule has 88 valence electrons. The maximum Gasteiger partial charge on any atom is 0.222 e. The summed E-state index contributed by atoms with van der Waals surface area (Å²) < 4.78 is 17.8. The van der Waals surface area contributed by atoms with E-state index in [1.807, 2.05) is 6.92 Å². The third-order valence-electron chi connectivity index (χ3n) is 2.83. The number of anilines is 1. The Morgan fingerprint density at radius 1 is 1.62 bits per heavy atom. The van der Waals surface area contributed by atoms with Crippen LogP contribution in [0.2, 0.25) is 0 Å². The van der Waals surface area contributed by atoms with E-state index in [0.717, 1.165) is 12.4 Å². The first kappa shape index (κ1) is 11.2. The number of halogens is 1. The van der Waals surface area contributed by atoms with Crippen LogP contribution in [-0.4, -0.2) is 39.9 Å². The molecular formula is C10H14FN3O2. The average molecular weight is 227 g/mol. The fourth-order valence-electron chi connectivity index (χ4n) is 1.64. The average Bonchev–Trinajstić information content (AvgIpc) is 2.59. The lowest BCUT2D eigenvalue weighted by molar-refractivity contribution is -0.0176. The van der Waals surface area contributed by atoms with Crippen molar-refractivity contribution in [2.45, 2.75) is 25.0 Å². The molecule has 1 saturated heterocycles. The van der Waals surface area contributed by atoms with Crippen molar-refractivity contribution in [3.05, 3.63) is 18.2 Å². The van der Waals surface area contributed by atoms with E-state index in [1.54, 1.807) is 0 Å². The van der Waals surface area contributed by atoms with E-state index in [-0.39, 0.29) is 6.10 Å². The molecule has 16 heavy (non-hydrogen) atoms. The van der Waals surface area contributed by atoms with Gasteiger partial charge in [-0.3, -0.25) is 0 Å². The lowest BCUT2D eigenvalue weighted by Gasteiger charge is -2.25. The number of rotatable bonds is 3. The Bertz CT molecular complexity index is 360. The second kappa shape index (κ2) is 4.31. The zero-order valence-electron chi connectivity index (χ0n) is 8.98. The molecular weight excluding hydrogens is 213 g/mol. The zero-order chi connectivity index (χ0) is 11.6. The Morgan fingerprint density at radius 2 is 2.31 bits per heavy atom. The first-order valence-electron chi connectivity index (χ1n) is 5.15. The SMILES string of the molecule is CC1OCCC1(O)CNc1ncc(F)cn1. The molecule has 1 fully saturated rings. The molecule has 0 amide bonds. The van der Waals surface area contributed by atoms with Gasteiger partial charge in [-0.2, -0.15) is 0 Å². The van der Waals surface area contributed by atoms with Gasteiger partial charge >= 0.3 is 0 Å². The summed E-state index contributed by atoms with van der Waals surface area (Å²) in [4.78, 5) is 7.49. The quantitative estimate of drug-likeness (QED) is 0.790. The van der Waals surface area contributed by atoms with E-state index < -0.39 is 11.4 Å². The predicted octanol–water partition coefficient (Wildman–Crippen LogP) is 0.567. The highest BCUT2D eigenvalue weighted by Gasteiger charge is 2.39. The van der Waals surface area contributed by atoms with Gasteiger partial charge < -0.3 is 15.2 Å². The van der Waals surface area contributed by atoms with E-state index in [1.165, 1.54) is 0 Å². The number of aromatic nitrogens is 2. The molecule has 1 aliphatic heterocycles. The van der Waals surface area contributed by atoms with Crippen LogP contribution in [0.3, 0.4) is 0 Å². The second-order valence-corrected chi connectivity index (χ2v) is 3.95. The van der Waals surface area contributed by atoms with Gasteiger partial charge in [-0.15, -0.1) is 0 Å². The molecule has 2 atom stereocenters. The van der Waals surface area contributed by atoms with E-state index in [4.69, 9.17) is 4.74 Å². The fraction of sp³-hybridized carbons (Fsp3) is 0.600. The fourth-order valence-corrected chi connectivity index (χ4v) is 1.64. The van der Waals surface area contributed by atoms with Gasteiger partial charge in [0.1, 0.15) is 5.60 Å². The van der Waals surface area contributed by atoms with E-state index in [0.29, 0.717) is 25.5 Å². The maximum absolute atomic E-state index is 12.5.